The first kappa shape index (κ1) is 10.1. The molecule has 1 saturated heterocycles. The van der Waals surface area contributed by atoms with E-state index in [1.165, 1.54) is 7.11 Å². The van der Waals surface area contributed by atoms with Crippen LogP contribution in [-0.2, 0) is 16.0 Å². The van der Waals surface area contributed by atoms with Crippen molar-refractivity contribution in [3.63, 3.8) is 0 Å². The molecule has 0 bridgehead atoms. The van der Waals surface area contributed by atoms with Crippen LogP contribution in [0.3, 0.4) is 0 Å². The van der Waals surface area contributed by atoms with E-state index in [2.05, 4.69) is 15.0 Å². The Morgan fingerprint density at radius 2 is 2.67 bits per heavy atom. The Hall–Kier alpha value is -1.43. The minimum atomic E-state index is -0.464. The smallest absolute Gasteiger partial charge is 0.360 e. The van der Waals surface area contributed by atoms with E-state index in [0.717, 1.165) is 19.4 Å². The monoisotopic (exact) mass is 211 g/mol. The first-order valence-electron chi connectivity index (χ1n) is 4.89. The molecule has 6 heteroatoms. The SMILES string of the molecule is COC(=O)c1cn(C[C@H]2CCCO2)nn1. The van der Waals surface area contributed by atoms with Gasteiger partial charge in [-0.05, 0) is 12.8 Å². The van der Waals surface area contributed by atoms with Crippen LogP contribution in [0.2, 0.25) is 0 Å². The molecular weight excluding hydrogens is 198 g/mol. The van der Waals surface area contributed by atoms with Crippen LogP contribution < -0.4 is 0 Å². The van der Waals surface area contributed by atoms with Gasteiger partial charge < -0.3 is 9.47 Å². The molecule has 2 rings (SSSR count). The fourth-order valence-electron chi connectivity index (χ4n) is 1.58. The first-order chi connectivity index (χ1) is 7.29. The van der Waals surface area contributed by atoms with Gasteiger partial charge in [-0.1, -0.05) is 5.21 Å². The van der Waals surface area contributed by atoms with Gasteiger partial charge in [0.15, 0.2) is 5.69 Å². The van der Waals surface area contributed by atoms with Crippen LogP contribution in [0.4, 0.5) is 0 Å². The number of carbonyl (C=O) groups is 1. The summed E-state index contributed by atoms with van der Waals surface area (Å²) in [6, 6.07) is 0. The summed E-state index contributed by atoms with van der Waals surface area (Å²) in [5.74, 6) is -0.464. The Morgan fingerprint density at radius 3 is 3.33 bits per heavy atom. The molecule has 82 valence electrons. The lowest BCUT2D eigenvalue weighted by atomic mass is 10.2. The maximum Gasteiger partial charge on any atom is 0.360 e. The molecule has 1 aromatic heterocycles. The van der Waals surface area contributed by atoms with Gasteiger partial charge in [-0.3, -0.25) is 0 Å². The second-order valence-electron chi connectivity index (χ2n) is 3.45. The quantitative estimate of drug-likeness (QED) is 0.670. The van der Waals surface area contributed by atoms with Gasteiger partial charge in [0.1, 0.15) is 0 Å². The lowest BCUT2D eigenvalue weighted by Crippen LogP contribution is -2.15. The number of hydrogen-bond donors (Lipinski definition) is 0. The molecule has 0 aromatic carbocycles. The van der Waals surface area contributed by atoms with Crippen molar-refractivity contribution in [2.45, 2.75) is 25.5 Å². The highest BCUT2D eigenvalue weighted by Crippen LogP contribution is 2.13. The standard InChI is InChI=1S/C9H13N3O3/c1-14-9(13)8-6-12(11-10-8)5-7-3-2-4-15-7/h6-7H,2-5H2,1H3/t7-/m1/s1. The largest absolute Gasteiger partial charge is 0.464 e. The first-order valence-corrected chi connectivity index (χ1v) is 4.89. The van der Waals surface area contributed by atoms with Gasteiger partial charge in [-0.2, -0.15) is 0 Å². The lowest BCUT2D eigenvalue weighted by molar-refractivity contribution is 0.0593. The van der Waals surface area contributed by atoms with E-state index in [4.69, 9.17) is 4.74 Å². The third-order valence-corrected chi connectivity index (χ3v) is 2.35. The average Bonchev–Trinajstić information content (AvgIpc) is 2.88. The normalized spacial score (nSPS) is 20.5. The van der Waals surface area contributed by atoms with Gasteiger partial charge in [-0.25, -0.2) is 9.48 Å². The number of methoxy groups -OCH3 is 1. The predicted octanol–water partition coefficient (Wildman–Crippen LogP) is 0.244. The second kappa shape index (κ2) is 4.39. The van der Waals surface area contributed by atoms with Crippen molar-refractivity contribution < 1.29 is 14.3 Å². The molecular formula is C9H13N3O3. The Labute approximate surface area is 87.2 Å². The number of aromatic nitrogens is 3. The summed E-state index contributed by atoms with van der Waals surface area (Å²) in [6.45, 7) is 1.45. The van der Waals surface area contributed by atoms with E-state index in [9.17, 15) is 4.79 Å². The summed E-state index contributed by atoms with van der Waals surface area (Å²) < 4.78 is 11.6. The topological polar surface area (TPSA) is 66.2 Å². The van der Waals surface area contributed by atoms with Crippen LogP contribution in [0.1, 0.15) is 23.3 Å². The minimum absolute atomic E-state index is 0.192. The van der Waals surface area contributed by atoms with Crippen LogP contribution in [0, 0.1) is 0 Å². The molecule has 0 radical (unpaired) electrons. The van der Waals surface area contributed by atoms with Crippen molar-refractivity contribution in [2.75, 3.05) is 13.7 Å². The Bertz CT molecular complexity index is 344. The van der Waals surface area contributed by atoms with Crippen LogP contribution in [0.25, 0.3) is 0 Å². The molecule has 1 atom stereocenters. The molecule has 1 aliphatic rings. The van der Waals surface area contributed by atoms with Gasteiger partial charge in [0.05, 0.1) is 26.0 Å². The maximum atomic E-state index is 11.1. The summed E-state index contributed by atoms with van der Waals surface area (Å²) in [4.78, 5) is 11.1. The number of esters is 1. The fraction of sp³-hybridized carbons (Fsp3) is 0.667. The van der Waals surface area contributed by atoms with Gasteiger partial charge in [-0.15, -0.1) is 5.10 Å². The third-order valence-electron chi connectivity index (χ3n) is 2.35. The summed E-state index contributed by atoms with van der Waals surface area (Å²) in [5, 5.41) is 7.55. The highest BCUT2D eigenvalue weighted by molar-refractivity contribution is 5.86. The number of carbonyl (C=O) groups excluding carboxylic acids is 1. The molecule has 15 heavy (non-hydrogen) atoms. The van der Waals surface area contributed by atoms with Crippen molar-refractivity contribution in [1.82, 2.24) is 15.0 Å². The summed E-state index contributed by atoms with van der Waals surface area (Å²) >= 11 is 0. The molecule has 0 spiro atoms. The molecule has 1 fully saturated rings. The van der Waals surface area contributed by atoms with Crippen molar-refractivity contribution >= 4 is 5.97 Å². The van der Waals surface area contributed by atoms with E-state index in [-0.39, 0.29) is 11.8 Å². The van der Waals surface area contributed by atoms with E-state index in [1.54, 1.807) is 10.9 Å². The van der Waals surface area contributed by atoms with Crippen LogP contribution >= 0.6 is 0 Å². The second-order valence-corrected chi connectivity index (χ2v) is 3.45. The molecule has 1 aliphatic heterocycles. The van der Waals surface area contributed by atoms with Gasteiger partial charge in [0.25, 0.3) is 0 Å². The lowest BCUT2D eigenvalue weighted by Gasteiger charge is -2.07. The molecule has 1 aromatic rings. The van der Waals surface area contributed by atoms with Crippen molar-refractivity contribution in [3.05, 3.63) is 11.9 Å². The molecule has 0 saturated carbocycles. The number of hydrogen-bond acceptors (Lipinski definition) is 5. The fourth-order valence-corrected chi connectivity index (χ4v) is 1.58. The zero-order chi connectivity index (χ0) is 10.7. The predicted molar refractivity (Wildman–Crippen MR) is 50.3 cm³/mol. The summed E-state index contributed by atoms with van der Waals surface area (Å²) in [6.07, 6.45) is 3.89. The molecule has 0 aliphatic carbocycles. The molecule has 2 heterocycles. The van der Waals surface area contributed by atoms with Gasteiger partial charge in [0.2, 0.25) is 0 Å². The third kappa shape index (κ3) is 2.33. The molecule has 0 unspecified atom stereocenters. The van der Waals surface area contributed by atoms with E-state index < -0.39 is 5.97 Å². The highest BCUT2D eigenvalue weighted by atomic mass is 16.5. The van der Waals surface area contributed by atoms with E-state index >= 15 is 0 Å². The van der Waals surface area contributed by atoms with Gasteiger partial charge in [0, 0.05) is 6.61 Å². The summed E-state index contributed by atoms with van der Waals surface area (Å²) in [5.41, 5.74) is 0.232. The number of ether oxygens (including phenoxy) is 2. The van der Waals surface area contributed by atoms with Crippen LogP contribution in [0.5, 0.6) is 0 Å². The van der Waals surface area contributed by atoms with Crippen molar-refractivity contribution in [3.8, 4) is 0 Å². The van der Waals surface area contributed by atoms with Crippen LogP contribution in [-0.4, -0.2) is 40.8 Å². The Kier molecular flexibility index (Phi) is 2.96. The highest BCUT2D eigenvalue weighted by Gasteiger charge is 2.18. The van der Waals surface area contributed by atoms with E-state index in [0.29, 0.717) is 6.54 Å². The number of rotatable bonds is 3. The van der Waals surface area contributed by atoms with Crippen molar-refractivity contribution in [2.24, 2.45) is 0 Å². The van der Waals surface area contributed by atoms with Crippen molar-refractivity contribution in [1.29, 1.82) is 0 Å². The molecule has 6 nitrogen and oxygen atoms in total. The van der Waals surface area contributed by atoms with Crippen LogP contribution in [0.15, 0.2) is 6.20 Å². The Balaban J connectivity index is 1.97. The zero-order valence-corrected chi connectivity index (χ0v) is 8.55. The Morgan fingerprint density at radius 1 is 1.80 bits per heavy atom. The van der Waals surface area contributed by atoms with Gasteiger partial charge >= 0.3 is 5.97 Å². The number of nitrogens with zero attached hydrogens (tertiary/aromatic N) is 3. The molecule has 0 N–H and O–H groups in total. The average molecular weight is 211 g/mol. The summed E-state index contributed by atoms with van der Waals surface area (Å²) in [7, 11) is 1.32. The maximum absolute atomic E-state index is 11.1. The van der Waals surface area contributed by atoms with E-state index in [1.807, 2.05) is 0 Å². The molecule has 0 amide bonds. The zero-order valence-electron chi connectivity index (χ0n) is 8.55. The minimum Gasteiger partial charge on any atom is -0.464 e.